The van der Waals surface area contributed by atoms with Crippen LogP contribution in [0.1, 0.15) is 46.5 Å². The topological polar surface area (TPSA) is 66.5 Å². The Morgan fingerprint density at radius 2 is 1.89 bits per heavy atom. The molecule has 5 nitrogen and oxygen atoms in total. The zero-order chi connectivity index (χ0) is 14.2. The van der Waals surface area contributed by atoms with Gasteiger partial charge in [-0.2, -0.15) is 0 Å². The molecule has 2 aliphatic rings. The van der Waals surface area contributed by atoms with Crippen LogP contribution < -0.4 is 5.32 Å². The summed E-state index contributed by atoms with van der Waals surface area (Å²) in [5, 5.41) is 2.88. The Morgan fingerprint density at radius 1 is 1.32 bits per heavy atom. The van der Waals surface area contributed by atoms with E-state index < -0.39 is 11.6 Å². The van der Waals surface area contributed by atoms with Gasteiger partial charge in [-0.3, -0.25) is 14.5 Å². The molecule has 0 aromatic rings. The van der Waals surface area contributed by atoms with Gasteiger partial charge in [0.15, 0.2) is 5.78 Å². The summed E-state index contributed by atoms with van der Waals surface area (Å²) >= 11 is 0. The van der Waals surface area contributed by atoms with Gasteiger partial charge in [0.25, 0.3) is 5.91 Å². The first-order valence-electron chi connectivity index (χ1n) is 7.09. The van der Waals surface area contributed by atoms with Gasteiger partial charge in [-0.1, -0.05) is 27.2 Å². The number of carbonyl (C=O) groups is 3. The highest BCUT2D eigenvalue weighted by Crippen LogP contribution is 2.42. The molecule has 1 saturated heterocycles. The van der Waals surface area contributed by atoms with Gasteiger partial charge in [-0.25, -0.2) is 4.79 Å². The average molecular weight is 266 g/mol. The fourth-order valence-corrected chi connectivity index (χ4v) is 3.38. The number of nitrogens with zero attached hydrogens (tertiary/aromatic N) is 1. The summed E-state index contributed by atoms with van der Waals surface area (Å²) in [7, 11) is 0. The molecule has 0 bridgehead atoms. The molecule has 1 spiro atoms. The van der Waals surface area contributed by atoms with Crippen LogP contribution in [0.5, 0.6) is 0 Å². The Kier molecular flexibility index (Phi) is 3.65. The standard InChI is InChI=1S/C14H22N2O3/c1-4-11(17)8-16-12(18)14(15-13(16)19)9(2)6-5-7-10(14)3/h9-10H,4-8H2,1-3H3,(H,15,19). The number of carbonyl (C=O) groups excluding carboxylic acids is 3. The summed E-state index contributed by atoms with van der Waals surface area (Å²) in [6, 6.07) is -0.410. The van der Waals surface area contributed by atoms with Gasteiger partial charge in [0.05, 0.1) is 6.54 Å². The number of ketones is 1. The molecule has 2 fully saturated rings. The highest BCUT2D eigenvalue weighted by Gasteiger charge is 2.58. The number of urea groups is 1. The van der Waals surface area contributed by atoms with Crippen molar-refractivity contribution in [2.45, 2.75) is 52.0 Å². The van der Waals surface area contributed by atoms with E-state index in [1.165, 1.54) is 0 Å². The lowest BCUT2D eigenvalue weighted by atomic mass is 9.67. The fraction of sp³-hybridized carbons (Fsp3) is 0.786. The minimum atomic E-state index is -0.788. The predicted molar refractivity (Wildman–Crippen MR) is 70.5 cm³/mol. The number of Topliss-reactive ketones (excluding diaryl/α,β-unsaturated/α-hetero) is 1. The summed E-state index contributed by atoms with van der Waals surface area (Å²) in [5.74, 6) is -0.0560. The molecular formula is C14H22N2O3. The molecule has 2 rings (SSSR count). The SMILES string of the molecule is CCC(=O)CN1C(=O)NC2(C1=O)C(C)CCCC2C. The first-order valence-corrected chi connectivity index (χ1v) is 7.09. The van der Waals surface area contributed by atoms with Crippen LogP contribution in [0.2, 0.25) is 0 Å². The van der Waals surface area contributed by atoms with Crippen molar-refractivity contribution < 1.29 is 14.4 Å². The number of rotatable bonds is 3. The van der Waals surface area contributed by atoms with Crippen LogP contribution >= 0.6 is 0 Å². The maximum atomic E-state index is 12.7. The van der Waals surface area contributed by atoms with Crippen LogP contribution in [0.25, 0.3) is 0 Å². The second-order valence-corrected chi connectivity index (χ2v) is 5.82. The second-order valence-electron chi connectivity index (χ2n) is 5.82. The van der Waals surface area contributed by atoms with E-state index in [9.17, 15) is 14.4 Å². The van der Waals surface area contributed by atoms with Crippen LogP contribution in [0.3, 0.4) is 0 Å². The number of hydrogen-bond donors (Lipinski definition) is 1. The van der Waals surface area contributed by atoms with E-state index in [1.807, 2.05) is 13.8 Å². The van der Waals surface area contributed by atoms with Crippen LogP contribution in [0, 0.1) is 11.8 Å². The summed E-state index contributed by atoms with van der Waals surface area (Å²) in [4.78, 5) is 37.3. The molecule has 0 aromatic carbocycles. The van der Waals surface area contributed by atoms with Gasteiger partial charge in [0, 0.05) is 6.42 Å². The van der Waals surface area contributed by atoms with E-state index >= 15 is 0 Å². The van der Waals surface area contributed by atoms with Crippen molar-refractivity contribution in [2.24, 2.45) is 11.8 Å². The maximum Gasteiger partial charge on any atom is 0.325 e. The monoisotopic (exact) mass is 266 g/mol. The molecule has 5 heteroatoms. The fourth-order valence-electron chi connectivity index (χ4n) is 3.38. The molecule has 19 heavy (non-hydrogen) atoms. The summed E-state index contributed by atoms with van der Waals surface area (Å²) in [6.45, 7) is 5.67. The molecule has 1 saturated carbocycles. The van der Waals surface area contributed by atoms with Gasteiger partial charge in [0.1, 0.15) is 5.54 Å². The first-order chi connectivity index (χ1) is 8.93. The third-order valence-corrected chi connectivity index (χ3v) is 4.72. The van der Waals surface area contributed by atoms with Crippen molar-refractivity contribution >= 4 is 17.7 Å². The van der Waals surface area contributed by atoms with Gasteiger partial charge in [0.2, 0.25) is 0 Å². The van der Waals surface area contributed by atoms with Crippen LogP contribution in [0.4, 0.5) is 4.79 Å². The summed E-state index contributed by atoms with van der Waals surface area (Å²) in [5.41, 5.74) is -0.788. The van der Waals surface area contributed by atoms with E-state index in [-0.39, 0.29) is 30.1 Å². The number of nitrogens with one attached hydrogen (secondary N) is 1. The smallest absolute Gasteiger partial charge is 0.323 e. The van der Waals surface area contributed by atoms with Crippen LogP contribution in [-0.4, -0.2) is 34.7 Å². The van der Waals surface area contributed by atoms with Crippen molar-refractivity contribution in [3.63, 3.8) is 0 Å². The zero-order valence-corrected chi connectivity index (χ0v) is 11.9. The number of imide groups is 1. The van der Waals surface area contributed by atoms with E-state index in [2.05, 4.69) is 5.32 Å². The maximum absolute atomic E-state index is 12.7. The molecule has 1 aliphatic heterocycles. The lowest BCUT2D eigenvalue weighted by molar-refractivity contribution is -0.138. The van der Waals surface area contributed by atoms with E-state index in [4.69, 9.17) is 0 Å². The van der Waals surface area contributed by atoms with E-state index in [1.54, 1.807) is 6.92 Å². The Morgan fingerprint density at radius 3 is 2.42 bits per heavy atom. The van der Waals surface area contributed by atoms with Crippen LogP contribution in [-0.2, 0) is 9.59 Å². The van der Waals surface area contributed by atoms with Crippen molar-refractivity contribution in [1.29, 1.82) is 0 Å². The van der Waals surface area contributed by atoms with Crippen molar-refractivity contribution in [1.82, 2.24) is 10.2 Å². The molecular weight excluding hydrogens is 244 g/mol. The molecule has 1 N–H and O–H groups in total. The number of amides is 3. The molecule has 2 atom stereocenters. The quantitative estimate of drug-likeness (QED) is 0.791. The Balaban J connectivity index is 2.27. The normalized spacial score (nSPS) is 34.8. The van der Waals surface area contributed by atoms with Gasteiger partial charge in [-0.05, 0) is 24.7 Å². The van der Waals surface area contributed by atoms with Crippen LogP contribution in [0.15, 0.2) is 0 Å². The molecule has 1 heterocycles. The third kappa shape index (κ3) is 2.05. The second kappa shape index (κ2) is 4.94. The Bertz CT molecular complexity index is 409. The highest BCUT2D eigenvalue weighted by atomic mass is 16.2. The van der Waals surface area contributed by atoms with E-state index in [0.717, 1.165) is 24.2 Å². The molecule has 0 aromatic heterocycles. The minimum Gasteiger partial charge on any atom is -0.323 e. The van der Waals surface area contributed by atoms with Crippen molar-refractivity contribution in [3.05, 3.63) is 0 Å². The summed E-state index contributed by atoms with van der Waals surface area (Å²) in [6.07, 6.45) is 3.30. The zero-order valence-electron chi connectivity index (χ0n) is 11.9. The largest absolute Gasteiger partial charge is 0.325 e. The summed E-state index contributed by atoms with van der Waals surface area (Å²) < 4.78 is 0. The van der Waals surface area contributed by atoms with Crippen molar-refractivity contribution in [3.8, 4) is 0 Å². The molecule has 3 amide bonds. The van der Waals surface area contributed by atoms with Gasteiger partial charge in [-0.15, -0.1) is 0 Å². The molecule has 0 radical (unpaired) electrons. The lowest BCUT2D eigenvalue weighted by Crippen LogP contribution is -2.59. The first kappa shape index (κ1) is 14.0. The average Bonchev–Trinajstić information content (AvgIpc) is 2.62. The molecule has 106 valence electrons. The van der Waals surface area contributed by atoms with Gasteiger partial charge < -0.3 is 5.32 Å². The lowest BCUT2D eigenvalue weighted by Gasteiger charge is -2.42. The number of hydrogen-bond acceptors (Lipinski definition) is 3. The predicted octanol–water partition coefficient (Wildman–Crippen LogP) is 1.71. The Hall–Kier alpha value is -1.39. The molecule has 2 unspecified atom stereocenters. The Labute approximate surface area is 113 Å². The highest BCUT2D eigenvalue weighted by molar-refractivity contribution is 6.09. The minimum absolute atomic E-state index is 0.0864. The van der Waals surface area contributed by atoms with E-state index in [0.29, 0.717) is 6.42 Å². The van der Waals surface area contributed by atoms with Crippen molar-refractivity contribution in [2.75, 3.05) is 6.54 Å². The third-order valence-electron chi connectivity index (χ3n) is 4.72. The molecule has 1 aliphatic carbocycles. The van der Waals surface area contributed by atoms with Gasteiger partial charge >= 0.3 is 6.03 Å².